The molecule has 0 atom stereocenters. The van der Waals surface area contributed by atoms with Gasteiger partial charge in [0.25, 0.3) is 0 Å². The molecule has 8 heteroatoms. The molecule has 0 radical (unpaired) electrons. The predicted molar refractivity (Wildman–Crippen MR) is 54.0 cm³/mol. The minimum Gasteiger partial charge on any atom is -0.278 e. The second-order valence-corrected chi connectivity index (χ2v) is 3.69. The Morgan fingerprint density at radius 1 is 0.895 bits per heavy atom. The maximum absolute atomic E-state index is 12.9. The molecule has 1 heterocycles. The molecule has 0 spiro atoms. The average molecular weight is 280 g/mol. The Labute approximate surface area is 103 Å². The van der Waals surface area contributed by atoms with Crippen molar-refractivity contribution in [3.8, 4) is 11.3 Å². The van der Waals surface area contributed by atoms with Gasteiger partial charge in [-0.05, 0) is 12.1 Å². The van der Waals surface area contributed by atoms with Gasteiger partial charge in [0.2, 0.25) is 0 Å². The van der Waals surface area contributed by atoms with E-state index >= 15 is 0 Å². The van der Waals surface area contributed by atoms with E-state index in [1.807, 2.05) is 0 Å². The van der Waals surface area contributed by atoms with E-state index in [-0.39, 0.29) is 5.69 Å². The van der Waals surface area contributed by atoms with Crippen molar-refractivity contribution >= 4 is 0 Å². The topological polar surface area (TPSA) is 28.7 Å². The summed E-state index contributed by atoms with van der Waals surface area (Å²) in [5.41, 5.74) is -4.14. The second-order valence-electron chi connectivity index (χ2n) is 3.69. The lowest BCUT2D eigenvalue weighted by Crippen LogP contribution is -2.17. The second kappa shape index (κ2) is 4.29. The summed E-state index contributed by atoms with van der Waals surface area (Å²) in [5, 5.41) is 5.67. The van der Waals surface area contributed by atoms with E-state index in [1.165, 1.54) is 6.07 Å². The Morgan fingerprint density at radius 2 is 1.58 bits per heavy atom. The number of nitrogens with zero attached hydrogens (tertiary/aromatic N) is 1. The number of aromatic nitrogens is 2. The summed E-state index contributed by atoms with van der Waals surface area (Å²) >= 11 is 0. The van der Waals surface area contributed by atoms with Crippen molar-refractivity contribution in [2.75, 3.05) is 0 Å². The number of hydrogen-bond donors (Lipinski definition) is 1. The summed E-state index contributed by atoms with van der Waals surface area (Å²) in [4.78, 5) is 0. The molecule has 0 saturated carbocycles. The van der Waals surface area contributed by atoms with Gasteiger partial charge in [-0.2, -0.15) is 31.4 Å². The largest absolute Gasteiger partial charge is 0.417 e. The molecular formula is C11H6F6N2. The molecule has 0 unspecified atom stereocenters. The van der Waals surface area contributed by atoms with Crippen molar-refractivity contribution in [3.05, 3.63) is 41.6 Å². The fourth-order valence-electron chi connectivity index (χ4n) is 1.72. The highest BCUT2D eigenvalue weighted by Crippen LogP contribution is 2.44. The highest BCUT2D eigenvalue weighted by Gasteiger charge is 2.44. The Bertz CT molecular complexity index is 568. The summed E-state index contributed by atoms with van der Waals surface area (Å²) in [6.45, 7) is 0. The fraction of sp³-hybridized carbons (Fsp3) is 0.182. The van der Waals surface area contributed by atoms with Gasteiger partial charge in [-0.25, -0.2) is 0 Å². The number of alkyl halides is 6. The Hall–Kier alpha value is -1.99. The fourth-order valence-corrected chi connectivity index (χ4v) is 1.72. The van der Waals surface area contributed by atoms with Crippen molar-refractivity contribution in [2.24, 2.45) is 0 Å². The van der Waals surface area contributed by atoms with Crippen LogP contribution in [-0.2, 0) is 12.4 Å². The van der Waals surface area contributed by atoms with Gasteiger partial charge in [-0.15, -0.1) is 0 Å². The molecule has 0 amide bonds. The zero-order valence-corrected chi connectivity index (χ0v) is 9.10. The highest BCUT2D eigenvalue weighted by atomic mass is 19.4. The molecule has 1 aromatic carbocycles. The Kier molecular flexibility index (Phi) is 3.03. The van der Waals surface area contributed by atoms with Gasteiger partial charge in [0.05, 0.1) is 16.8 Å². The average Bonchev–Trinajstić information content (AvgIpc) is 2.79. The van der Waals surface area contributed by atoms with Crippen molar-refractivity contribution in [1.29, 1.82) is 0 Å². The van der Waals surface area contributed by atoms with E-state index in [2.05, 4.69) is 10.2 Å². The van der Waals surface area contributed by atoms with Crippen LogP contribution in [0.25, 0.3) is 11.3 Å². The van der Waals surface area contributed by atoms with Crippen molar-refractivity contribution < 1.29 is 26.3 Å². The van der Waals surface area contributed by atoms with Crippen LogP contribution in [-0.4, -0.2) is 10.2 Å². The summed E-state index contributed by atoms with van der Waals surface area (Å²) in [5.74, 6) is 0. The summed E-state index contributed by atoms with van der Waals surface area (Å²) < 4.78 is 76.7. The number of nitrogens with one attached hydrogen (secondary N) is 1. The van der Waals surface area contributed by atoms with Gasteiger partial charge < -0.3 is 0 Å². The lowest BCUT2D eigenvalue weighted by Gasteiger charge is -2.18. The molecule has 0 aliphatic heterocycles. The van der Waals surface area contributed by atoms with E-state index in [9.17, 15) is 26.3 Å². The first kappa shape index (κ1) is 13.4. The molecule has 2 rings (SSSR count). The molecule has 1 aromatic heterocycles. The molecular weight excluding hydrogens is 274 g/mol. The van der Waals surface area contributed by atoms with Gasteiger partial charge in [-0.3, -0.25) is 5.10 Å². The highest BCUT2D eigenvalue weighted by molar-refractivity contribution is 5.66. The summed E-state index contributed by atoms with van der Waals surface area (Å²) in [6, 6.07) is 3.47. The zero-order chi connectivity index (χ0) is 14.3. The monoisotopic (exact) mass is 280 g/mol. The van der Waals surface area contributed by atoms with Gasteiger partial charge in [0.1, 0.15) is 0 Å². The van der Waals surface area contributed by atoms with Crippen LogP contribution in [0.5, 0.6) is 0 Å². The van der Waals surface area contributed by atoms with E-state index in [0.717, 1.165) is 18.3 Å². The standard InChI is InChI=1S/C11H6F6N2/c12-10(13,14)7-3-1-2-6(8-4-5-18-19-8)9(7)11(15,16)17/h1-5H,(H,18,19). The molecule has 0 saturated heterocycles. The smallest absolute Gasteiger partial charge is 0.278 e. The first-order valence-corrected chi connectivity index (χ1v) is 4.98. The van der Waals surface area contributed by atoms with Crippen molar-refractivity contribution in [2.45, 2.75) is 12.4 Å². The van der Waals surface area contributed by atoms with Crippen LogP contribution in [0.15, 0.2) is 30.5 Å². The minimum absolute atomic E-state index is 0.126. The lowest BCUT2D eigenvalue weighted by molar-refractivity contribution is -0.161. The molecule has 0 fully saturated rings. The molecule has 102 valence electrons. The molecule has 2 aromatic rings. The van der Waals surface area contributed by atoms with Gasteiger partial charge in [0, 0.05) is 11.8 Å². The molecule has 2 nitrogen and oxygen atoms in total. The molecule has 1 N–H and O–H groups in total. The van der Waals surface area contributed by atoms with Crippen molar-refractivity contribution in [3.63, 3.8) is 0 Å². The summed E-state index contributed by atoms with van der Waals surface area (Å²) in [6.07, 6.45) is -9.04. The van der Waals surface area contributed by atoms with E-state index in [4.69, 9.17) is 0 Å². The van der Waals surface area contributed by atoms with Gasteiger partial charge in [0.15, 0.2) is 0 Å². The maximum atomic E-state index is 12.9. The van der Waals surface area contributed by atoms with Gasteiger partial charge >= 0.3 is 12.4 Å². The van der Waals surface area contributed by atoms with Crippen LogP contribution in [0.3, 0.4) is 0 Å². The van der Waals surface area contributed by atoms with Crippen LogP contribution in [0.4, 0.5) is 26.3 Å². The number of benzene rings is 1. The van der Waals surface area contributed by atoms with Crippen LogP contribution < -0.4 is 0 Å². The van der Waals surface area contributed by atoms with E-state index < -0.39 is 29.0 Å². The van der Waals surface area contributed by atoms with E-state index in [1.54, 1.807) is 0 Å². The molecule has 19 heavy (non-hydrogen) atoms. The summed E-state index contributed by atoms with van der Waals surface area (Å²) in [7, 11) is 0. The van der Waals surface area contributed by atoms with E-state index in [0.29, 0.717) is 6.07 Å². The Morgan fingerprint density at radius 3 is 2.05 bits per heavy atom. The predicted octanol–water partition coefficient (Wildman–Crippen LogP) is 4.11. The SMILES string of the molecule is FC(F)(F)c1cccc(-c2ccn[nH]2)c1C(F)(F)F. The zero-order valence-electron chi connectivity index (χ0n) is 9.10. The van der Waals surface area contributed by atoms with Crippen molar-refractivity contribution in [1.82, 2.24) is 10.2 Å². The van der Waals surface area contributed by atoms with Gasteiger partial charge in [-0.1, -0.05) is 12.1 Å². The first-order chi connectivity index (χ1) is 8.71. The number of aromatic amines is 1. The quantitative estimate of drug-likeness (QED) is 0.782. The number of hydrogen-bond acceptors (Lipinski definition) is 1. The first-order valence-electron chi connectivity index (χ1n) is 4.98. The number of H-pyrrole nitrogens is 1. The third kappa shape index (κ3) is 2.56. The maximum Gasteiger partial charge on any atom is 0.417 e. The normalized spacial score (nSPS) is 12.7. The third-order valence-corrected chi connectivity index (χ3v) is 2.44. The van der Waals surface area contributed by atoms with Crippen LogP contribution in [0, 0.1) is 0 Å². The molecule has 0 aliphatic carbocycles. The number of halogens is 6. The lowest BCUT2D eigenvalue weighted by atomic mass is 9.98. The third-order valence-electron chi connectivity index (χ3n) is 2.44. The van der Waals surface area contributed by atoms with Crippen LogP contribution in [0.1, 0.15) is 11.1 Å². The molecule has 0 aliphatic rings. The van der Waals surface area contributed by atoms with Crippen LogP contribution in [0.2, 0.25) is 0 Å². The molecule has 0 bridgehead atoms. The number of rotatable bonds is 1. The Balaban J connectivity index is 2.76. The minimum atomic E-state index is -5.12. The van der Waals surface area contributed by atoms with Crippen LogP contribution >= 0.6 is 0 Å².